The van der Waals surface area contributed by atoms with Gasteiger partial charge in [-0.1, -0.05) is 6.92 Å². The molecule has 1 radical (unpaired) electrons. The second-order valence-corrected chi connectivity index (χ2v) is 4.48. The zero-order chi connectivity index (χ0) is 7.61. The van der Waals surface area contributed by atoms with Crippen molar-refractivity contribution in [3.05, 3.63) is 5.92 Å². The molecular formula is C6H12O3P. The number of rotatable bonds is 1. The molecule has 0 aromatic carbocycles. The summed E-state index contributed by atoms with van der Waals surface area (Å²) in [6.45, 7) is 4.54. The van der Waals surface area contributed by atoms with E-state index in [0.717, 1.165) is 6.42 Å². The summed E-state index contributed by atoms with van der Waals surface area (Å²) in [5, 5.41) is 0. The third kappa shape index (κ3) is 2.08. The lowest BCUT2D eigenvalue weighted by atomic mass is 10.1. The molecule has 0 aliphatic carbocycles. The van der Waals surface area contributed by atoms with E-state index in [9.17, 15) is 4.57 Å². The predicted molar refractivity (Wildman–Crippen MR) is 39.0 cm³/mol. The molecule has 0 amide bonds. The summed E-state index contributed by atoms with van der Waals surface area (Å²) in [6.07, 6.45) is 0.944. The van der Waals surface area contributed by atoms with Gasteiger partial charge < -0.3 is 9.05 Å². The smallest absolute Gasteiger partial charge is 0.308 e. The molecule has 10 heavy (non-hydrogen) atoms. The molecule has 0 unspecified atom stereocenters. The van der Waals surface area contributed by atoms with Crippen LogP contribution in [0.1, 0.15) is 13.3 Å². The first-order valence-corrected chi connectivity index (χ1v) is 5.33. The van der Waals surface area contributed by atoms with Crippen molar-refractivity contribution in [2.24, 2.45) is 0 Å². The molecule has 1 saturated heterocycles. The average Bonchev–Trinajstić information content (AvgIpc) is 1.88. The lowest BCUT2D eigenvalue weighted by molar-refractivity contribution is 0.164. The van der Waals surface area contributed by atoms with Crippen LogP contribution in [0.15, 0.2) is 0 Å². The maximum atomic E-state index is 11.0. The summed E-state index contributed by atoms with van der Waals surface area (Å²) < 4.78 is 21.0. The molecule has 0 aromatic heterocycles. The van der Waals surface area contributed by atoms with Crippen LogP contribution >= 0.6 is 7.60 Å². The summed E-state index contributed by atoms with van der Waals surface area (Å²) in [5.41, 5.74) is 0. The van der Waals surface area contributed by atoms with Gasteiger partial charge in [0.1, 0.15) is 0 Å². The van der Waals surface area contributed by atoms with Gasteiger partial charge in [-0.05, 0) is 6.42 Å². The van der Waals surface area contributed by atoms with Gasteiger partial charge in [0.2, 0.25) is 0 Å². The minimum atomic E-state index is -2.66. The van der Waals surface area contributed by atoms with Crippen LogP contribution in [-0.2, 0) is 13.6 Å². The van der Waals surface area contributed by atoms with Gasteiger partial charge in [-0.25, -0.2) is 0 Å². The molecule has 3 nitrogen and oxygen atoms in total. The van der Waals surface area contributed by atoms with Crippen LogP contribution in [0.2, 0.25) is 0 Å². The molecule has 0 atom stereocenters. The Hall–Kier alpha value is 0.150. The van der Waals surface area contributed by atoms with Crippen LogP contribution < -0.4 is 0 Å². The lowest BCUT2D eigenvalue weighted by Crippen LogP contribution is -2.17. The Labute approximate surface area is 61.2 Å². The number of hydrogen-bond donors (Lipinski definition) is 0. The van der Waals surface area contributed by atoms with Crippen LogP contribution in [0.4, 0.5) is 0 Å². The molecule has 0 aromatic rings. The molecule has 1 aliphatic heterocycles. The summed E-state index contributed by atoms with van der Waals surface area (Å²) in [7, 11) is -2.66. The number of hydrogen-bond acceptors (Lipinski definition) is 3. The van der Waals surface area contributed by atoms with E-state index in [1.165, 1.54) is 12.6 Å². The van der Waals surface area contributed by atoms with Crippen molar-refractivity contribution in [2.75, 3.05) is 19.9 Å². The minimum Gasteiger partial charge on any atom is -0.308 e. The van der Waals surface area contributed by atoms with Crippen LogP contribution in [0.3, 0.4) is 0 Å². The normalized spacial score (nSPS) is 26.6. The SMILES string of the molecule is CC[C]1COP(C)(=O)OC1. The summed E-state index contributed by atoms with van der Waals surface area (Å²) in [5.74, 6) is 1.17. The second kappa shape index (κ2) is 3.04. The average molecular weight is 163 g/mol. The van der Waals surface area contributed by atoms with Gasteiger partial charge in [0, 0.05) is 12.6 Å². The van der Waals surface area contributed by atoms with Gasteiger partial charge in [-0.3, -0.25) is 4.57 Å². The third-order valence-corrected chi connectivity index (χ3v) is 2.70. The topological polar surface area (TPSA) is 35.5 Å². The van der Waals surface area contributed by atoms with Crippen LogP contribution in [0.25, 0.3) is 0 Å². The van der Waals surface area contributed by atoms with Gasteiger partial charge >= 0.3 is 7.60 Å². The van der Waals surface area contributed by atoms with Gasteiger partial charge in [-0.15, -0.1) is 0 Å². The first-order valence-electron chi connectivity index (χ1n) is 3.34. The largest absolute Gasteiger partial charge is 0.327 e. The summed E-state index contributed by atoms with van der Waals surface area (Å²) in [6, 6.07) is 0. The van der Waals surface area contributed by atoms with E-state index >= 15 is 0 Å². The molecule has 1 aliphatic rings. The van der Waals surface area contributed by atoms with E-state index in [2.05, 4.69) is 0 Å². The molecule has 59 valence electrons. The Bertz CT molecular complexity index is 145. The molecule has 0 saturated carbocycles. The maximum absolute atomic E-state index is 11.0. The quantitative estimate of drug-likeness (QED) is 0.553. The molecule has 1 rings (SSSR count). The molecule has 0 spiro atoms. The molecule has 4 heteroatoms. The molecule has 0 N–H and O–H groups in total. The van der Waals surface area contributed by atoms with E-state index in [-0.39, 0.29) is 0 Å². The molecule has 1 fully saturated rings. The van der Waals surface area contributed by atoms with Crippen LogP contribution in [0, 0.1) is 5.92 Å². The molecular weight excluding hydrogens is 151 g/mol. The molecule has 0 bridgehead atoms. The monoisotopic (exact) mass is 163 g/mol. The summed E-state index contributed by atoms with van der Waals surface area (Å²) in [4.78, 5) is 0. The van der Waals surface area contributed by atoms with Crippen molar-refractivity contribution >= 4 is 7.60 Å². The fourth-order valence-corrected chi connectivity index (χ4v) is 1.61. The Morgan fingerprint density at radius 2 is 2.00 bits per heavy atom. The fourth-order valence-electron chi connectivity index (χ4n) is 0.700. The van der Waals surface area contributed by atoms with Crippen LogP contribution in [-0.4, -0.2) is 19.9 Å². The lowest BCUT2D eigenvalue weighted by Gasteiger charge is -2.25. The van der Waals surface area contributed by atoms with E-state index in [4.69, 9.17) is 9.05 Å². The van der Waals surface area contributed by atoms with Crippen molar-refractivity contribution < 1.29 is 13.6 Å². The fraction of sp³-hybridized carbons (Fsp3) is 0.833. The van der Waals surface area contributed by atoms with Gasteiger partial charge in [0.15, 0.2) is 0 Å². The van der Waals surface area contributed by atoms with E-state index in [1.807, 2.05) is 6.92 Å². The summed E-state index contributed by atoms with van der Waals surface area (Å²) >= 11 is 0. The van der Waals surface area contributed by atoms with Gasteiger partial charge in [0.25, 0.3) is 0 Å². The highest BCUT2D eigenvalue weighted by Gasteiger charge is 2.26. The zero-order valence-corrected chi connectivity index (χ0v) is 7.19. The Morgan fingerprint density at radius 1 is 1.50 bits per heavy atom. The minimum absolute atomic E-state index is 0.504. The Morgan fingerprint density at radius 3 is 2.40 bits per heavy atom. The zero-order valence-electron chi connectivity index (χ0n) is 6.29. The third-order valence-electron chi connectivity index (χ3n) is 1.51. The highest BCUT2D eigenvalue weighted by atomic mass is 31.2. The molecule has 1 heterocycles. The second-order valence-electron chi connectivity index (χ2n) is 2.42. The first kappa shape index (κ1) is 8.25. The Balaban J connectivity index is 2.38. The standard InChI is InChI=1S/C6H12O3P/c1-3-6-4-8-10(2,7)9-5-6/h3-5H2,1-2H3. The highest BCUT2D eigenvalue weighted by molar-refractivity contribution is 7.53. The van der Waals surface area contributed by atoms with E-state index in [1.54, 1.807) is 0 Å². The van der Waals surface area contributed by atoms with Gasteiger partial charge in [0.05, 0.1) is 13.2 Å². The maximum Gasteiger partial charge on any atom is 0.327 e. The first-order chi connectivity index (χ1) is 4.64. The van der Waals surface area contributed by atoms with Crippen LogP contribution in [0.5, 0.6) is 0 Å². The highest BCUT2D eigenvalue weighted by Crippen LogP contribution is 2.48. The van der Waals surface area contributed by atoms with Crippen molar-refractivity contribution in [1.82, 2.24) is 0 Å². The van der Waals surface area contributed by atoms with E-state index in [0.29, 0.717) is 13.2 Å². The van der Waals surface area contributed by atoms with E-state index < -0.39 is 7.60 Å². The van der Waals surface area contributed by atoms with Crippen molar-refractivity contribution in [2.45, 2.75) is 13.3 Å². The van der Waals surface area contributed by atoms with Crippen molar-refractivity contribution in [1.29, 1.82) is 0 Å². The van der Waals surface area contributed by atoms with Gasteiger partial charge in [-0.2, -0.15) is 0 Å². The van der Waals surface area contributed by atoms with Crippen molar-refractivity contribution in [3.63, 3.8) is 0 Å². The Kier molecular flexibility index (Phi) is 2.50. The van der Waals surface area contributed by atoms with Crippen molar-refractivity contribution in [3.8, 4) is 0 Å². The predicted octanol–water partition coefficient (Wildman–Crippen LogP) is 1.84.